The predicted octanol–water partition coefficient (Wildman–Crippen LogP) is -0.152. The van der Waals surface area contributed by atoms with E-state index >= 15 is 0 Å². The molecule has 1 saturated heterocycles. The number of ether oxygens (including phenoxy) is 2. The third-order valence-electron chi connectivity index (χ3n) is 3.67. The van der Waals surface area contributed by atoms with Crippen molar-refractivity contribution in [2.75, 3.05) is 45.9 Å². The normalized spacial score (nSPS) is 21.8. The molecule has 1 aromatic rings. The Morgan fingerprint density at radius 3 is 2.86 bits per heavy atom. The average Bonchev–Trinajstić information content (AvgIpc) is 2.54. The summed E-state index contributed by atoms with van der Waals surface area (Å²) in [7, 11) is 0. The van der Waals surface area contributed by atoms with Crippen LogP contribution in [0.15, 0.2) is 24.3 Å². The Bertz CT molecular complexity index is 489. The summed E-state index contributed by atoms with van der Waals surface area (Å²) in [5.41, 5.74) is 0. The maximum Gasteiger partial charge on any atom is 0.234 e. The van der Waals surface area contributed by atoms with Crippen molar-refractivity contribution in [2.24, 2.45) is 0 Å². The van der Waals surface area contributed by atoms with Gasteiger partial charge in [0.25, 0.3) is 0 Å². The molecule has 2 aliphatic rings. The smallest absolute Gasteiger partial charge is 0.234 e. The number of piperazine rings is 1. The molecule has 2 aliphatic heterocycles. The Morgan fingerprint density at radius 2 is 2.05 bits per heavy atom. The van der Waals surface area contributed by atoms with Gasteiger partial charge in [-0.25, -0.2) is 0 Å². The van der Waals surface area contributed by atoms with E-state index in [4.69, 9.17) is 9.47 Å². The molecule has 0 spiro atoms. The van der Waals surface area contributed by atoms with Crippen molar-refractivity contribution in [1.82, 2.24) is 15.5 Å². The number of nitrogens with one attached hydrogen (secondary N) is 2. The van der Waals surface area contributed by atoms with E-state index in [-0.39, 0.29) is 12.0 Å². The van der Waals surface area contributed by atoms with Crippen LogP contribution in [0.25, 0.3) is 0 Å². The zero-order chi connectivity index (χ0) is 14.5. The topological polar surface area (TPSA) is 62.8 Å². The van der Waals surface area contributed by atoms with Gasteiger partial charge in [0.2, 0.25) is 5.91 Å². The zero-order valence-electron chi connectivity index (χ0n) is 12.0. The number of hydrogen-bond acceptors (Lipinski definition) is 5. The van der Waals surface area contributed by atoms with Crippen LogP contribution in [-0.4, -0.2) is 62.8 Å². The van der Waals surface area contributed by atoms with Crippen LogP contribution in [0.1, 0.15) is 0 Å². The molecule has 1 fully saturated rings. The van der Waals surface area contributed by atoms with Crippen molar-refractivity contribution < 1.29 is 14.3 Å². The molecule has 1 unspecified atom stereocenters. The van der Waals surface area contributed by atoms with Gasteiger partial charge in [0.1, 0.15) is 12.7 Å². The molecular weight excluding hydrogens is 270 g/mol. The number of carbonyl (C=O) groups is 1. The minimum atomic E-state index is -0.133. The first kappa shape index (κ1) is 14.2. The maximum atomic E-state index is 11.9. The van der Waals surface area contributed by atoms with Crippen LogP contribution in [0.4, 0.5) is 0 Å². The Balaban J connectivity index is 1.42. The van der Waals surface area contributed by atoms with E-state index in [1.165, 1.54) is 0 Å². The fourth-order valence-corrected chi connectivity index (χ4v) is 2.52. The van der Waals surface area contributed by atoms with Crippen LogP contribution in [0.3, 0.4) is 0 Å². The van der Waals surface area contributed by atoms with Crippen molar-refractivity contribution in [3.63, 3.8) is 0 Å². The second kappa shape index (κ2) is 6.78. The van der Waals surface area contributed by atoms with Crippen LogP contribution < -0.4 is 20.1 Å². The summed E-state index contributed by atoms with van der Waals surface area (Å²) in [4.78, 5) is 14.1. The van der Waals surface area contributed by atoms with E-state index in [1.807, 2.05) is 24.3 Å². The third kappa shape index (κ3) is 3.86. The second-order valence-corrected chi connectivity index (χ2v) is 5.33. The lowest BCUT2D eigenvalue weighted by Crippen LogP contribution is -2.49. The molecule has 0 saturated carbocycles. The number of benzene rings is 1. The molecule has 2 N–H and O–H groups in total. The molecule has 6 nitrogen and oxygen atoms in total. The van der Waals surface area contributed by atoms with Gasteiger partial charge in [0.15, 0.2) is 11.5 Å². The molecule has 1 amide bonds. The van der Waals surface area contributed by atoms with E-state index in [0.29, 0.717) is 19.7 Å². The van der Waals surface area contributed by atoms with E-state index in [9.17, 15) is 4.79 Å². The third-order valence-corrected chi connectivity index (χ3v) is 3.67. The highest BCUT2D eigenvalue weighted by molar-refractivity contribution is 5.78. The Hall–Kier alpha value is -1.79. The van der Waals surface area contributed by atoms with Crippen molar-refractivity contribution in [1.29, 1.82) is 0 Å². The standard InChI is InChI=1S/C15H21N3O3/c19-15(10-18-7-5-16-6-8-18)17-9-12-11-20-13-3-1-2-4-14(13)21-12/h1-4,12,16H,5-11H2,(H,17,19). The Labute approximate surface area is 124 Å². The quantitative estimate of drug-likeness (QED) is 0.808. The van der Waals surface area contributed by atoms with Gasteiger partial charge in [-0.3, -0.25) is 9.69 Å². The molecule has 21 heavy (non-hydrogen) atoms. The minimum Gasteiger partial charge on any atom is -0.486 e. The molecule has 3 rings (SSSR count). The van der Waals surface area contributed by atoms with Gasteiger partial charge in [-0.15, -0.1) is 0 Å². The first-order chi connectivity index (χ1) is 10.3. The van der Waals surface area contributed by atoms with Crippen LogP contribution in [-0.2, 0) is 4.79 Å². The molecule has 114 valence electrons. The molecule has 0 aromatic heterocycles. The summed E-state index contributed by atoms with van der Waals surface area (Å²) in [6.45, 7) is 5.12. The average molecular weight is 291 g/mol. The summed E-state index contributed by atoms with van der Waals surface area (Å²) in [5.74, 6) is 1.55. The predicted molar refractivity (Wildman–Crippen MR) is 78.7 cm³/mol. The first-order valence-corrected chi connectivity index (χ1v) is 7.39. The molecule has 0 bridgehead atoms. The summed E-state index contributed by atoms with van der Waals surface area (Å²) in [6.07, 6.45) is -0.133. The van der Waals surface area contributed by atoms with Crippen LogP contribution in [0.2, 0.25) is 0 Å². The summed E-state index contributed by atoms with van der Waals surface area (Å²) in [6, 6.07) is 7.59. The van der Waals surface area contributed by atoms with Gasteiger partial charge < -0.3 is 20.1 Å². The van der Waals surface area contributed by atoms with Gasteiger partial charge >= 0.3 is 0 Å². The highest BCUT2D eigenvalue weighted by Gasteiger charge is 2.21. The van der Waals surface area contributed by atoms with Gasteiger partial charge in [-0.2, -0.15) is 0 Å². The fourth-order valence-electron chi connectivity index (χ4n) is 2.52. The highest BCUT2D eigenvalue weighted by Crippen LogP contribution is 2.30. The Kier molecular flexibility index (Phi) is 4.57. The van der Waals surface area contributed by atoms with E-state index in [1.54, 1.807) is 0 Å². The summed E-state index contributed by atoms with van der Waals surface area (Å²) in [5, 5.41) is 6.20. The first-order valence-electron chi connectivity index (χ1n) is 7.39. The van der Waals surface area contributed by atoms with Gasteiger partial charge in [0, 0.05) is 26.2 Å². The number of amides is 1. The minimum absolute atomic E-state index is 0.0411. The number of para-hydroxylation sites is 2. The van der Waals surface area contributed by atoms with Crippen molar-refractivity contribution in [2.45, 2.75) is 6.10 Å². The van der Waals surface area contributed by atoms with Gasteiger partial charge in [0.05, 0.1) is 13.1 Å². The zero-order valence-corrected chi connectivity index (χ0v) is 12.0. The molecular formula is C15H21N3O3. The SMILES string of the molecule is O=C(CN1CCNCC1)NCC1COc2ccccc2O1. The molecule has 1 aromatic carbocycles. The van der Waals surface area contributed by atoms with Crippen molar-refractivity contribution in [3.8, 4) is 11.5 Å². The van der Waals surface area contributed by atoms with Crippen molar-refractivity contribution in [3.05, 3.63) is 24.3 Å². The lowest BCUT2D eigenvalue weighted by molar-refractivity contribution is -0.122. The second-order valence-electron chi connectivity index (χ2n) is 5.33. The van der Waals surface area contributed by atoms with Gasteiger partial charge in [-0.1, -0.05) is 12.1 Å². The highest BCUT2D eigenvalue weighted by atomic mass is 16.6. The van der Waals surface area contributed by atoms with E-state index < -0.39 is 0 Å². The number of fused-ring (bicyclic) bond motifs is 1. The summed E-state index contributed by atoms with van der Waals surface area (Å²) < 4.78 is 11.4. The fraction of sp³-hybridized carbons (Fsp3) is 0.533. The number of hydrogen-bond donors (Lipinski definition) is 2. The lowest BCUT2D eigenvalue weighted by atomic mass is 10.2. The van der Waals surface area contributed by atoms with E-state index in [2.05, 4.69) is 15.5 Å². The van der Waals surface area contributed by atoms with Crippen LogP contribution in [0.5, 0.6) is 11.5 Å². The van der Waals surface area contributed by atoms with Crippen LogP contribution >= 0.6 is 0 Å². The number of nitrogens with zero attached hydrogens (tertiary/aromatic N) is 1. The Morgan fingerprint density at radius 1 is 1.29 bits per heavy atom. The molecule has 6 heteroatoms. The van der Waals surface area contributed by atoms with Crippen molar-refractivity contribution >= 4 is 5.91 Å². The summed E-state index contributed by atoms with van der Waals surface area (Å²) >= 11 is 0. The van der Waals surface area contributed by atoms with E-state index in [0.717, 1.165) is 37.7 Å². The monoisotopic (exact) mass is 291 g/mol. The maximum absolute atomic E-state index is 11.9. The molecule has 0 radical (unpaired) electrons. The lowest BCUT2D eigenvalue weighted by Gasteiger charge is -2.28. The molecule has 0 aliphatic carbocycles. The molecule has 1 atom stereocenters. The largest absolute Gasteiger partial charge is 0.486 e. The van der Waals surface area contributed by atoms with Crippen LogP contribution in [0, 0.1) is 0 Å². The molecule has 2 heterocycles. The number of carbonyl (C=O) groups excluding carboxylic acids is 1. The van der Waals surface area contributed by atoms with Gasteiger partial charge in [-0.05, 0) is 12.1 Å². The number of rotatable bonds is 4.